The summed E-state index contributed by atoms with van der Waals surface area (Å²) in [6.07, 6.45) is 4.37. The van der Waals surface area contributed by atoms with Crippen LogP contribution in [0.25, 0.3) is 10.9 Å². The predicted octanol–water partition coefficient (Wildman–Crippen LogP) is 3.52. The van der Waals surface area contributed by atoms with Crippen molar-refractivity contribution in [2.45, 2.75) is 45.3 Å². The van der Waals surface area contributed by atoms with Gasteiger partial charge in [0, 0.05) is 56.0 Å². The lowest BCUT2D eigenvalue weighted by Crippen LogP contribution is -2.44. The molecule has 0 radical (unpaired) electrons. The molecule has 1 amide bonds. The Bertz CT molecular complexity index is 926. The molecule has 1 aliphatic rings. The van der Waals surface area contributed by atoms with Crippen LogP contribution >= 0.6 is 0 Å². The number of aromatic nitrogens is 2. The highest BCUT2D eigenvalue weighted by atomic mass is 16.1. The van der Waals surface area contributed by atoms with Crippen LogP contribution in [0.5, 0.6) is 0 Å². The van der Waals surface area contributed by atoms with E-state index in [9.17, 15) is 4.79 Å². The fourth-order valence-corrected chi connectivity index (χ4v) is 4.11. The summed E-state index contributed by atoms with van der Waals surface area (Å²) in [6.45, 7) is 5.73. The maximum atomic E-state index is 12.5. The Kier molecular flexibility index (Phi) is 5.72. The molecule has 0 bridgehead atoms. The van der Waals surface area contributed by atoms with Gasteiger partial charge in [0.1, 0.15) is 0 Å². The molecule has 28 heavy (non-hydrogen) atoms. The first kappa shape index (κ1) is 18.7. The van der Waals surface area contributed by atoms with Crippen LogP contribution in [0.4, 0.5) is 0 Å². The molecule has 0 unspecified atom stereocenters. The van der Waals surface area contributed by atoms with Gasteiger partial charge in [-0.3, -0.25) is 14.7 Å². The van der Waals surface area contributed by atoms with Gasteiger partial charge in [0.05, 0.1) is 5.69 Å². The molecule has 3 heterocycles. The molecule has 146 valence electrons. The molecule has 0 aliphatic carbocycles. The van der Waals surface area contributed by atoms with E-state index in [0.29, 0.717) is 6.42 Å². The van der Waals surface area contributed by atoms with Crippen molar-refractivity contribution in [2.75, 3.05) is 13.1 Å². The van der Waals surface area contributed by atoms with Crippen molar-refractivity contribution in [2.24, 2.45) is 0 Å². The number of hydrogen-bond acceptors (Lipinski definition) is 3. The molecule has 1 N–H and O–H groups in total. The van der Waals surface area contributed by atoms with E-state index in [4.69, 9.17) is 0 Å². The van der Waals surface area contributed by atoms with Crippen LogP contribution in [0.15, 0.2) is 54.7 Å². The normalized spacial score (nSPS) is 15.8. The monoisotopic (exact) mass is 376 g/mol. The summed E-state index contributed by atoms with van der Waals surface area (Å²) in [5.41, 5.74) is 3.52. The molecule has 1 aromatic carbocycles. The number of hydrogen-bond donors (Lipinski definition) is 1. The van der Waals surface area contributed by atoms with E-state index in [1.807, 2.05) is 18.3 Å². The number of para-hydroxylation sites is 1. The van der Waals surface area contributed by atoms with Crippen molar-refractivity contribution < 1.29 is 4.79 Å². The van der Waals surface area contributed by atoms with Crippen molar-refractivity contribution in [1.29, 1.82) is 0 Å². The molecule has 3 aromatic rings. The van der Waals surface area contributed by atoms with Crippen LogP contribution in [0.1, 0.15) is 30.7 Å². The average Bonchev–Trinajstić information content (AvgIpc) is 3.04. The number of aryl methyl sites for hydroxylation is 2. The predicted molar refractivity (Wildman–Crippen MR) is 112 cm³/mol. The van der Waals surface area contributed by atoms with E-state index in [1.54, 1.807) is 0 Å². The summed E-state index contributed by atoms with van der Waals surface area (Å²) < 4.78 is 2.24. The Balaban J connectivity index is 1.24. The number of rotatable bonds is 6. The zero-order valence-electron chi connectivity index (χ0n) is 16.5. The lowest BCUT2D eigenvalue weighted by molar-refractivity contribution is -0.122. The van der Waals surface area contributed by atoms with E-state index in [1.165, 1.54) is 16.6 Å². The molecule has 2 aromatic heterocycles. The number of fused-ring (bicyclic) bond motifs is 1. The zero-order valence-corrected chi connectivity index (χ0v) is 16.5. The van der Waals surface area contributed by atoms with E-state index < -0.39 is 0 Å². The Morgan fingerprint density at radius 1 is 1.14 bits per heavy atom. The maximum absolute atomic E-state index is 12.5. The Morgan fingerprint density at radius 2 is 1.93 bits per heavy atom. The minimum absolute atomic E-state index is 0.153. The summed E-state index contributed by atoms with van der Waals surface area (Å²) >= 11 is 0. The molecule has 4 rings (SSSR count). The third-order valence-corrected chi connectivity index (χ3v) is 5.64. The van der Waals surface area contributed by atoms with Crippen LogP contribution in [0.2, 0.25) is 0 Å². The van der Waals surface area contributed by atoms with Crippen LogP contribution in [0.3, 0.4) is 0 Å². The molecule has 0 saturated carbocycles. The quantitative estimate of drug-likeness (QED) is 0.716. The molecule has 0 spiro atoms. The van der Waals surface area contributed by atoms with Gasteiger partial charge in [0.2, 0.25) is 5.91 Å². The second kappa shape index (κ2) is 8.57. The standard InChI is InChI=1S/C23H28N4O/c1-18-16-19-6-2-3-8-22(19)27(18)15-11-23(28)25-20-9-13-26(14-10-20)17-21-7-4-5-12-24-21/h2-8,12,16,20H,9-11,13-15,17H2,1H3,(H,25,28). The number of amides is 1. The Hall–Kier alpha value is -2.66. The lowest BCUT2D eigenvalue weighted by Gasteiger charge is -2.32. The van der Waals surface area contributed by atoms with E-state index >= 15 is 0 Å². The van der Waals surface area contributed by atoms with E-state index in [2.05, 4.69) is 63.1 Å². The molecule has 5 nitrogen and oxygen atoms in total. The molecule has 1 fully saturated rings. The summed E-state index contributed by atoms with van der Waals surface area (Å²) in [5.74, 6) is 0.153. The van der Waals surface area contributed by atoms with Crippen molar-refractivity contribution in [1.82, 2.24) is 19.8 Å². The molecule has 1 saturated heterocycles. The molecule has 0 atom stereocenters. The number of piperidine rings is 1. The molecular weight excluding hydrogens is 348 g/mol. The smallest absolute Gasteiger partial charge is 0.222 e. The second-order valence-electron chi connectivity index (χ2n) is 7.69. The number of carbonyl (C=O) groups excluding carboxylic acids is 1. The third kappa shape index (κ3) is 4.42. The van der Waals surface area contributed by atoms with E-state index in [0.717, 1.165) is 44.7 Å². The van der Waals surface area contributed by atoms with Crippen molar-refractivity contribution in [3.05, 3.63) is 66.1 Å². The van der Waals surface area contributed by atoms with Gasteiger partial charge in [-0.2, -0.15) is 0 Å². The SMILES string of the molecule is Cc1cc2ccccc2n1CCC(=O)NC1CCN(Cc2ccccn2)CC1. The fourth-order valence-electron chi connectivity index (χ4n) is 4.11. The number of benzene rings is 1. The first-order valence-corrected chi connectivity index (χ1v) is 10.2. The van der Waals surface area contributed by atoms with Crippen LogP contribution in [-0.4, -0.2) is 39.5 Å². The van der Waals surface area contributed by atoms with Gasteiger partial charge in [-0.15, -0.1) is 0 Å². The number of nitrogens with one attached hydrogen (secondary N) is 1. The highest BCUT2D eigenvalue weighted by Gasteiger charge is 2.21. The Labute approximate surface area is 166 Å². The third-order valence-electron chi connectivity index (χ3n) is 5.64. The molecule has 1 aliphatic heterocycles. The van der Waals surface area contributed by atoms with Gasteiger partial charge in [0.15, 0.2) is 0 Å². The summed E-state index contributed by atoms with van der Waals surface area (Å²) in [4.78, 5) is 19.3. The summed E-state index contributed by atoms with van der Waals surface area (Å²) in [5, 5.41) is 4.48. The van der Waals surface area contributed by atoms with Gasteiger partial charge in [0.25, 0.3) is 0 Å². The highest BCUT2D eigenvalue weighted by molar-refractivity contribution is 5.81. The molecular formula is C23H28N4O. The molecule has 5 heteroatoms. The number of carbonyl (C=O) groups is 1. The first-order valence-electron chi connectivity index (χ1n) is 10.2. The first-order chi connectivity index (χ1) is 13.7. The minimum atomic E-state index is 0.153. The largest absolute Gasteiger partial charge is 0.353 e. The topological polar surface area (TPSA) is 50.2 Å². The maximum Gasteiger partial charge on any atom is 0.222 e. The highest BCUT2D eigenvalue weighted by Crippen LogP contribution is 2.19. The second-order valence-corrected chi connectivity index (χ2v) is 7.69. The van der Waals surface area contributed by atoms with Crippen LogP contribution < -0.4 is 5.32 Å². The van der Waals surface area contributed by atoms with Crippen LogP contribution in [-0.2, 0) is 17.9 Å². The Morgan fingerprint density at radius 3 is 2.71 bits per heavy atom. The number of pyridine rings is 1. The summed E-state index contributed by atoms with van der Waals surface area (Å²) in [6, 6.07) is 16.9. The van der Waals surface area contributed by atoms with Gasteiger partial charge in [-0.1, -0.05) is 24.3 Å². The summed E-state index contributed by atoms with van der Waals surface area (Å²) in [7, 11) is 0. The van der Waals surface area contributed by atoms with E-state index in [-0.39, 0.29) is 11.9 Å². The van der Waals surface area contributed by atoms with Crippen LogP contribution in [0, 0.1) is 6.92 Å². The fraction of sp³-hybridized carbons (Fsp3) is 0.391. The van der Waals surface area contributed by atoms with Gasteiger partial charge < -0.3 is 9.88 Å². The zero-order chi connectivity index (χ0) is 19.3. The number of nitrogens with zero attached hydrogens (tertiary/aromatic N) is 3. The van der Waals surface area contributed by atoms with Gasteiger partial charge in [-0.05, 0) is 49.4 Å². The van der Waals surface area contributed by atoms with Gasteiger partial charge >= 0.3 is 0 Å². The van der Waals surface area contributed by atoms with Crippen molar-refractivity contribution >= 4 is 16.8 Å². The lowest BCUT2D eigenvalue weighted by atomic mass is 10.0. The average molecular weight is 377 g/mol. The number of likely N-dealkylation sites (tertiary alicyclic amines) is 1. The van der Waals surface area contributed by atoms with Gasteiger partial charge in [-0.25, -0.2) is 0 Å². The van der Waals surface area contributed by atoms with Crippen molar-refractivity contribution in [3.63, 3.8) is 0 Å². The van der Waals surface area contributed by atoms with Crippen molar-refractivity contribution in [3.8, 4) is 0 Å². The minimum Gasteiger partial charge on any atom is -0.353 e.